The highest BCUT2D eigenvalue weighted by atomic mass is 16.1. The summed E-state index contributed by atoms with van der Waals surface area (Å²) in [4.78, 5) is 11.8. The number of hydrogen-bond acceptors (Lipinski definition) is 1. The molecule has 0 aliphatic heterocycles. The van der Waals surface area contributed by atoms with Crippen molar-refractivity contribution >= 4 is 11.9 Å². The van der Waals surface area contributed by atoms with Gasteiger partial charge in [-0.3, -0.25) is 4.79 Å². The van der Waals surface area contributed by atoms with Crippen molar-refractivity contribution in [1.82, 2.24) is 0 Å². The zero-order valence-corrected chi connectivity index (χ0v) is 7.66. The highest BCUT2D eigenvalue weighted by Crippen LogP contribution is 2.21. The summed E-state index contributed by atoms with van der Waals surface area (Å²) in [7, 11) is 0. The van der Waals surface area contributed by atoms with E-state index in [1.54, 1.807) is 0 Å². The van der Waals surface area contributed by atoms with Crippen LogP contribution in [-0.4, -0.2) is 5.78 Å². The Morgan fingerprint density at radius 2 is 2.08 bits per heavy atom. The molecule has 0 radical (unpaired) electrons. The van der Waals surface area contributed by atoms with Crippen LogP contribution < -0.4 is 0 Å². The van der Waals surface area contributed by atoms with Gasteiger partial charge in [0.25, 0.3) is 0 Å². The lowest BCUT2D eigenvalue weighted by Crippen LogP contribution is -2.09. The van der Waals surface area contributed by atoms with E-state index >= 15 is 0 Å². The van der Waals surface area contributed by atoms with Crippen LogP contribution in [0.2, 0.25) is 0 Å². The molecule has 0 amide bonds. The first-order valence-corrected chi connectivity index (χ1v) is 4.59. The third-order valence-corrected chi connectivity index (χ3v) is 2.46. The van der Waals surface area contributed by atoms with Crippen LogP contribution in [0.25, 0.3) is 6.08 Å². The summed E-state index contributed by atoms with van der Waals surface area (Å²) in [6.45, 7) is 1.98. The van der Waals surface area contributed by atoms with Crippen LogP contribution in [0.1, 0.15) is 29.3 Å². The van der Waals surface area contributed by atoms with Gasteiger partial charge in [0.15, 0.2) is 5.78 Å². The fourth-order valence-electron chi connectivity index (χ4n) is 1.64. The van der Waals surface area contributed by atoms with Crippen molar-refractivity contribution < 1.29 is 4.79 Å². The van der Waals surface area contributed by atoms with Gasteiger partial charge >= 0.3 is 0 Å². The fourth-order valence-corrected chi connectivity index (χ4v) is 1.64. The summed E-state index contributed by atoms with van der Waals surface area (Å²) in [6.07, 6.45) is 4.97. The van der Waals surface area contributed by atoms with Gasteiger partial charge in [-0.1, -0.05) is 43.3 Å². The van der Waals surface area contributed by atoms with E-state index in [0.29, 0.717) is 0 Å². The summed E-state index contributed by atoms with van der Waals surface area (Å²) in [5, 5.41) is 0. The Bertz CT molecular complexity index is 363. The number of carbonyl (C=O) groups excluding carboxylic acids is 1. The van der Waals surface area contributed by atoms with Gasteiger partial charge in [-0.15, -0.1) is 0 Å². The molecular formula is C12H12O. The van der Waals surface area contributed by atoms with Gasteiger partial charge in [0.2, 0.25) is 0 Å². The second-order valence-electron chi connectivity index (χ2n) is 3.49. The van der Waals surface area contributed by atoms with E-state index in [-0.39, 0.29) is 11.7 Å². The largest absolute Gasteiger partial charge is 0.294 e. The molecule has 0 bridgehead atoms. The minimum atomic E-state index is 0.125. The van der Waals surface area contributed by atoms with Gasteiger partial charge in [0, 0.05) is 11.5 Å². The van der Waals surface area contributed by atoms with Crippen LogP contribution in [-0.2, 0) is 0 Å². The standard InChI is InChI=1S/C12H12O/c1-9-5-4-7-10-6-2-3-8-11(10)12(9)13/h2-4,6-9H,5H2,1H3/t9-/m0/s1. The molecule has 1 aromatic carbocycles. The molecule has 66 valence electrons. The van der Waals surface area contributed by atoms with E-state index in [2.05, 4.69) is 6.08 Å². The van der Waals surface area contributed by atoms with Crippen LogP contribution in [0.15, 0.2) is 30.3 Å². The molecule has 0 heterocycles. The summed E-state index contributed by atoms with van der Waals surface area (Å²) < 4.78 is 0. The van der Waals surface area contributed by atoms with Crippen LogP contribution in [0.3, 0.4) is 0 Å². The van der Waals surface area contributed by atoms with Crippen molar-refractivity contribution in [3.8, 4) is 0 Å². The Balaban J connectivity index is 2.55. The fraction of sp³-hybridized carbons (Fsp3) is 0.250. The Kier molecular flexibility index (Phi) is 2.01. The number of carbonyl (C=O) groups is 1. The number of benzene rings is 1. The van der Waals surface area contributed by atoms with Gasteiger partial charge in [0.05, 0.1) is 0 Å². The molecule has 0 aromatic heterocycles. The summed E-state index contributed by atoms with van der Waals surface area (Å²) in [5.41, 5.74) is 1.92. The monoisotopic (exact) mass is 172 g/mol. The van der Waals surface area contributed by atoms with Crippen LogP contribution in [0.5, 0.6) is 0 Å². The molecule has 1 aliphatic carbocycles. The number of fused-ring (bicyclic) bond motifs is 1. The lowest BCUT2D eigenvalue weighted by Gasteiger charge is -2.06. The van der Waals surface area contributed by atoms with E-state index in [1.165, 1.54) is 0 Å². The number of rotatable bonds is 0. The van der Waals surface area contributed by atoms with Gasteiger partial charge in [0.1, 0.15) is 0 Å². The molecule has 1 nitrogen and oxygen atoms in total. The zero-order chi connectivity index (χ0) is 9.26. The van der Waals surface area contributed by atoms with Crippen molar-refractivity contribution in [3.05, 3.63) is 41.5 Å². The molecular weight excluding hydrogens is 160 g/mol. The summed E-state index contributed by atoms with van der Waals surface area (Å²) in [6, 6.07) is 7.78. The minimum Gasteiger partial charge on any atom is -0.294 e. The molecule has 2 rings (SSSR count). The van der Waals surface area contributed by atoms with Gasteiger partial charge < -0.3 is 0 Å². The topological polar surface area (TPSA) is 17.1 Å². The predicted octanol–water partition coefficient (Wildman–Crippen LogP) is 2.92. The Labute approximate surface area is 78.1 Å². The van der Waals surface area contributed by atoms with Crippen molar-refractivity contribution in [2.75, 3.05) is 0 Å². The highest BCUT2D eigenvalue weighted by molar-refractivity contribution is 6.01. The van der Waals surface area contributed by atoms with Crippen LogP contribution >= 0.6 is 0 Å². The minimum absolute atomic E-state index is 0.125. The first-order chi connectivity index (χ1) is 6.29. The molecule has 0 saturated carbocycles. The van der Waals surface area contributed by atoms with Crippen molar-refractivity contribution in [1.29, 1.82) is 0 Å². The Hall–Kier alpha value is -1.37. The molecule has 0 N–H and O–H groups in total. The zero-order valence-electron chi connectivity index (χ0n) is 7.66. The lowest BCUT2D eigenvalue weighted by molar-refractivity contribution is 0.0932. The number of hydrogen-bond donors (Lipinski definition) is 0. The average molecular weight is 172 g/mol. The first kappa shape index (κ1) is 8.24. The Morgan fingerprint density at radius 3 is 2.92 bits per heavy atom. The number of allylic oxidation sites excluding steroid dienone is 1. The molecule has 1 aromatic rings. The average Bonchev–Trinajstić information content (AvgIpc) is 2.29. The Morgan fingerprint density at radius 1 is 1.31 bits per heavy atom. The normalized spacial score (nSPS) is 21.0. The van der Waals surface area contributed by atoms with Crippen molar-refractivity contribution in [2.45, 2.75) is 13.3 Å². The maximum Gasteiger partial charge on any atom is 0.166 e. The van der Waals surface area contributed by atoms with E-state index < -0.39 is 0 Å². The molecule has 1 heteroatoms. The van der Waals surface area contributed by atoms with E-state index in [1.807, 2.05) is 37.3 Å². The third kappa shape index (κ3) is 1.42. The van der Waals surface area contributed by atoms with Gasteiger partial charge in [-0.2, -0.15) is 0 Å². The molecule has 0 fully saturated rings. The van der Waals surface area contributed by atoms with Gasteiger partial charge in [-0.05, 0) is 12.0 Å². The molecule has 1 atom stereocenters. The smallest absolute Gasteiger partial charge is 0.166 e. The third-order valence-electron chi connectivity index (χ3n) is 2.46. The van der Waals surface area contributed by atoms with Crippen molar-refractivity contribution in [3.63, 3.8) is 0 Å². The molecule has 0 spiro atoms. The molecule has 0 unspecified atom stereocenters. The van der Waals surface area contributed by atoms with Crippen molar-refractivity contribution in [2.24, 2.45) is 5.92 Å². The molecule has 1 aliphatic rings. The van der Waals surface area contributed by atoms with E-state index in [4.69, 9.17) is 0 Å². The molecule has 0 saturated heterocycles. The quantitative estimate of drug-likeness (QED) is 0.588. The second kappa shape index (κ2) is 3.17. The van der Waals surface area contributed by atoms with Gasteiger partial charge in [-0.25, -0.2) is 0 Å². The van der Waals surface area contributed by atoms with E-state index in [0.717, 1.165) is 17.5 Å². The maximum absolute atomic E-state index is 11.8. The summed E-state index contributed by atoms with van der Waals surface area (Å²) in [5.74, 6) is 0.389. The first-order valence-electron chi connectivity index (χ1n) is 4.59. The number of ketones is 1. The van der Waals surface area contributed by atoms with E-state index in [9.17, 15) is 4.79 Å². The second-order valence-corrected chi connectivity index (χ2v) is 3.49. The van der Waals surface area contributed by atoms with Crippen LogP contribution in [0.4, 0.5) is 0 Å². The SMILES string of the molecule is C[C@H]1CC=Cc2ccccc2C1=O. The predicted molar refractivity (Wildman–Crippen MR) is 53.6 cm³/mol. The number of Topliss-reactive ketones (excluding diaryl/α,β-unsaturated/α-hetero) is 1. The summed E-state index contributed by atoms with van der Waals surface area (Å²) >= 11 is 0. The lowest BCUT2D eigenvalue weighted by atomic mass is 9.96. The maximum atomic E-state index is 11.8. The van der Waals surface area contributed by atoms with Crippen LogP contribution in [0, 0.1) is 5.92 Å². The highest BCUT2D eigenvalue weighted by Gasteiger charge is 2.18. The molecule has 13 heavy (non-hydrogen) atoms.